The summed E-state index contributed by atoms with van der Waals surface area (Å²) in [6.45, 7) is 16.3. The Morgan fingerprint density at radius 1 is 1.11 bits per heavy atom. The predicted octanol–water partition coefficient (Wildman–Crippen LogP) is 2.29. The van der Waals surface area contributed by atoms with Gasteiger partial charge in [0, 0.05) is 13.2 Å². The molecule has 0 bridgehead atoms. The summed E-state index contributed by atoms with van der Waals surface area (Å²) >= 11 is 0. The minimum Gasteiger partial charge on any atom is -0.389 e. The zero-order chi connectivity index (χ0) is 14.0. The fraction of sp³-hybridized carbons (Fsp3) is 1.00. The molecule has 0 spiro atoms. The largest absolute Gasteiger partial charge is 0.389 e. The van der Waals surface area contributed by atoms with E-state index in [1.165, 1.54) is 0 Å². The molecule has 0 aromatic carbocycles. The molecule has 3 heteroatoms. The summed E-state index contributed by atoms with van der Waals surface area (Å²) in [7, 11) is 0. The molecule has 0 aromatic rings. The smallest absolute Gasteiger partial charge is 0.0897 e. The van der Waals surface area contributed by atoms with Crippen molar-refractivity contribution in [3.63, 3.8) is 0 Å². The number of rotatable bonds is 8. The van der Waals surface area contributed by atoms with E-state index in [1.54, 1.807) is 0 Å². The van der Waals surface area contributed by atoms with E-state index in [1.807, 2.05) is 0 Å². The summed E-state index contributed by atoms with van der Waals surface area (Å²) < 4.78 is 5.42. The van der Waals surface area contributed by atoms with Crippen molar-refractivity contribution in [3.05, 3.63) is 0 Å². The van der Waals surface area contributed by atoms with Gasteiger partial charge in [0.05, 0.1) is 12.7 Å². The Hall–Kier alpha value is -0.120. The lowest BCUT2D eigenvalue weighted by atomic mass is 10.0. The van der Waals surface area contributed by atoms with Gasteiger partial charge in [-0.2, -0.15) is 0 Å². The first-order valence-corrected chi connectivity index (χ1v) is 7.16. The molecule has 1 saturated carbocycles. The van der Waals surface area contributed by atoms with E-state index >= 15 is 0 Å². The Kier molecular flexibility index (Phi) is 5.22. The lowest BCUT2D eigenvalue weighted by molar-refractivity contribution is 0.0260. The second kappa shape index (κ2) is 5.89. The second-order valence-corrected chi connectivity index (χ2v) is 7.24. The molecule has 1 aliphatic carbocycles. The van der Waals surface area contributed by atoms with Crippen LogP contribution in [0.5, 0.6) is 0 Å². The van der Waals surface area contributed by atoms with Crippen molar-refractivity contribution in [3.8, 4) is 0 Å². The summed E-state index contributed by atoms with van der Waals surface area (Å²) in [6, 6.07) is 0. The molecule has 1 fully saturated rings. The zero-order valence-electron chi connectivity index (χ0n) is 12.9. The number of nitrogens with one attached hydrogen (secondary N) is 1. The molecule has 1 unspecified atom stereocenters. The summed E-state index contributed by atoms with van der Waals surface area (Å²) in [5, 5.41) is 13.1. The summed E-state index contributed by atoms with van der Waals surface area (Å²) in [5.74, 6) is 1.23. The topological polar surface area (TPSA) is 41.5 Å². The molecule has 1 atom stereocenters. The number of aliphatic hydroxyl groups excluding tert-OH is 1. The van der Waals surface area contributed by atoms with Crippen LogP contribution in [0, 0.1) is 22.7 Å². The molecular weight excluding hydrogens is 226 g/mol. The standard InChI is InChI=1S/C15H31NO2/c1-11(2)9-18-10-12(17)7-16-8-13-14(3,4)15(13,5)6/h11-13,16-17H,7-10H2,1-6H3. The highest BCUT2D eigenvalue weighted by atomic mass is 16.5. The fourth-order valence-electron chi connectivity index (χ4n) is 2.74. The van der Waals surface area contributed by atoms with Crippen molar-refractivity contribution in [2.45, 2.75) is 47.6 Å². The molecule has 3 nitrogen and oxygen atoms in total. The molecule has 1 aliphatic rings. The average Bonchev–Trinajstić information content (AvgIpc) is 2.59. The Bertz CT molecular complexity index is 247. The lowest BCUT2D eigenvalue weighted by Gasteiger charge is -2.14. The van der Waals surface area contributed by atoms with E-state index in [0.717, 1.165) is 13.2 Å². The minimum atomic E-state index is -0.395. The Morgan fingerprint density at radius 2 is 1.67 bits per heavy atom. The maximum absolute atomic E-state index is 9.77. The van der Waals surface area contributed by atoms with Gasteiger partial charge in [0.15, 0.2) is 0 Å². The molecule has 0 saturated heterocycles. The van der Waals surface area contributed by atoms with Gasteiger partial charge in [-0.05, 0) is 29.2 Å². The van der Waals surface area contributed by atoms with E-state index in [0.29, 0.717) is 35.8 Å². The van der Waals surface area contributed by atoms with Gasteiger partial charge < -0.3 is 15.2 Å². The molecule has 1 rings (SSSR count). The molecule has 0 radical (unpaired) electrons. The maximum Gasteiger partial charge on any atom is 0.0897 e. The van der Waals surface area contributed by atoms with Crippen LogP contribution in [0.15, 0.2) is 0 Å². The third-order valence-corrected chi connectivity index (χ3v) is 4.81. The molecule has 108 valence electrons. The highest BCUT2D eigenvalue weighted by Crippen LogP contribution is 2.67. The quantitative estimate of drug-likeness (QED) is 0.701. The van der Waals surface area contributed by atoms with Crippen molar-refractivity contribution >= 4 is 0 Å². The average molecular weight is 257 g/mol. The zero-order valence-corrected chi connectivity index (χ0v) is 12.9. The molecule has 0 amide bonds. The van der Waals surface area contributed by atoms with Crippen LogP contribution in [0.1, 0.15) is 41.5 Å². The summed E-state index contributed by atoms with van der Waals surface area (Å²) in [4.78, 5) is 0. The number of aliphatic hydroxyl groups is 1. The van der Waals surface area contributed by atoms with E-state index in [-0.39, 0.29) is 0 Å². The van der Waals surface area contributed by atoms with Crippen LogP contribution in [0.25, 0.3) is 0 Å². The van der Waals surface area contributed by atoms with E-state index in [9.17, 15) is 5.11 Å². The number of hydrogen-bond acceptors (Lipinski definition) is 3. The second-order valence-electron chi connectivity index (χ2n) is 7.24. The third-order valence-electron chi connectivity index (χ3n) is 4.81. The summed E-state index contributed by atoms with van der Waals surface area (Å²) in [5.41, 5.74) is 0.832. The Labute approximate surface area is 112 Å². The van der Waals surface area contributed by atoms with Crippen molar-refractivity contribution < 1.29 is 9.84 Å². The van der Waals surface area contributed by atoms with Crippen molar-refractivity contribution in [1.29, 1.82) is 0 Å². The molecule has 0 aliphatic heterocycles. The number of hydrogen-bond donors (Lipinski definition) is 2. The molecular formula is C15H31NO2. The lowest BCUT2D eigenvalue weighted by Crippen LogP contribution is -2.32. The Balaban J connectivity index is 2.08. The van der Waals surface area contributed by atoms with Crippen LogP contribution in [0.2, 0.25) is 0 Å². The van der Waals surface area contributed by atoms with Gasteiger partial charge in [0.1, 0.15) is 0 Å². The predicted molar refractivity (Wildman–Crippen MR) is 75.6 cm³/mol. The van der Waals surface area contributed by atoms with Crippen molar-refractivity contribution in [2.75, 3.05) is 26.3 Å². The monoisotopic (exact) mass is 257 g/mol. The van der Waals surface area contributed by atoms with Crippen LogP contribution >= 0.6 is 0 Å². The number of ether oxygens (including phenoxy) is 1. The van der Waals surface area contributed by atoms with Crippen molar-refractivity contribution in [1.82, 2.24) is 5.32 Å². The first kappa shape index (κ1) is 15.9. The first-order valence-electron chi connectivity index (χ1n) is 7.16. The van der Waals surface area contributed by atoms with Gasteiger partial charge in [-0.25, -0.2) is 0 Å². The van der Waals surface area contributed by atoms with E-state index in [4.69, 9.17) is 4.74 Å². The SMILES string of the molecule is CC(C)COCC(O)CNCC1C(C)(C)C1(C)C. The fourth-order valence-corrected chi connectivity index (χ4v) is 2.74. The van der Waals surface area contributed by atoms with Gasteiger partial charge in [0.25, 0.3) is 0 Å². The highest BCUT2D eigenvalue weighted by molar-refractivity contribution is 5.12. The maximum atomic E-state index is 9.77. The van der Waals surface area contributed by atoms with Gasteiger partial charge in [-0.15, -0.1) is 0 Å². The molecule has 0 aromatic heterocycles. The van der Waals surface area contributed by atoms with Gasteiger partial charge in [0.2, 0.25) is 0 Å². The van der Waals surface area contributed by atoms with Crippen molar-refractivity contribution in [2.24, 2.45) is 22.7 Å². The minimum absolute atomic E-state index is 0.395. The highest BCUT2D eigenvalue weighted by Gasteiger charge is 2.63. The first-order chi connectivity index (χ1) is 8.19. The molecule has 2 N–H and O–H groups in total. The molecule has 0 heterocycles. The van der Waals surface area contributed by atoms with Crippen LogP contribution < -0.4 is 5.32 Å². The van der Waals surface area contributed by atoms with Crippen LogP contribution in [-0.4, -0.2) is 37.5 Å². The van der Waals surface area contributed by atoms with Crippen LogP contribution in [0.4, 0.5) is 0 Å². The summed E-state index contributed by atoms with van der Waals surface area (Å²) in [6.07, 6.45) is -0.395. The van der Waals surface area contributed by atoms with E-state index in [2.05, 4.69) is 46.9 Å². The normalized spacial score (nSPS) is 23.3. The van der Waals surface area contributed by atoms with E-state index < -0.39 is 6.10 Å². The van der Waals surface area contributed by atoms with Gasteiger partial charge >= 0.3 is 0 Å². The Morgan fingerprint density at radius 3 is 2.11 bits per heavy atom. The van der Waals surface area contributed by atoms with Crippen LogP contribution in [0.3, 0.4) is 0 Å². The van der Waals surface area contributed by atoms with Crippen LogP contribution in [-0.2, 0) is 4.74 Å². The van der Waals surface area contributed by atoms with Gasteiger partial charge in [-0.3, -0.25) is 0 Å². The van der Waals surface area contributed by atoms with Gasteiger partial charge in [-0.1, -0.05) is 41.5 Å². The third kappa shape index (κ3) is 3.69. The molecule has 18 heavy (non-hydrogen) atoms.